The number of rotatable bonds is 4. The fourth-order valence-corrected chi connectivity index (χ4v) is 1.09. The second-order valence-electron chi connectivity index (χ2n) is 3.62. The maximum absolute atomic E-state index is 12.0. The zero-order valence-electron chi connectivity index (χ0n) is 9.86. The Morgan fingerprint density at radius 1 is 1.32 bits per heavy atom. The van der Waals surface area contributed by atoms with Gasteiger partial charge >= 0.3 is 6.18 Å². The quantitative estimate of drug-likeness (QED) is 0.670. The van der Waals surface area contributed by atoms with Crippen LogP contribution in [0.3, 0.4) is 0 Å². The summed E-state index contributed by atoms with van der Waals surface area (Å²) in [5.74, 6) is -2.51. The standard InChI is InChI=1S/C11H10F3N3O2/c1-7(6-9(18)11(12,13)14)16-17-10(19)8-2-4-15-5-3-8/h2-5H,6H2,1H3,(H,17,19)/b16-7+. The molecule has 0 aromatic carbocycles. The van der Waals surface area contributed by atoms with Gasteiger partial charge in [0.1, 0.15) is 0 Å². The molecule has 0 saturated carbocycles. The van der Waals surface area contributed by atoms with Gasteiger partial charge in [0.05, 0.1) is 6.42 Å². The van der Waals surface area contributed by atoms with Gasteiger partial charge in [0, 0.05) is 23.7 Å². The fourth-order valence-electron chi connectivity index (χ4n) is 1.09. The van der Waals surface area contributed by atoms with E-state index >= 15 is 0 Å². The van der Waals surface area contributed by atoms with Crippen LogP contribution in [0.15, 0.2) is 29.6 Å². The molecule has 5 nitrogen and oxygen atoms in total. The van der Waals surface area contributed by atoms with Gasteiger partial charge in [-0.05, 0) is 19.1 Å². The van der Waals surface area contributed by atoms with Crippen LogP contribution < -0.4 is 5.43 Å². The first kappa shape index (κ1) is 14.8. The molecule has 19 heavy (non-hydrogen) atoms. The van der Waals surface area contributed by atoms with Crippen molar-refractivity contribution in [3.8, 4) is 0 Å². The van der Waals surface area contributed by atoms with Crippen molar-refractivity contribution in [2.24, 2.45) is 5.10 Å². The van der Waals surface area contributed by atoms with Crippen LogP contribution in [-0.2, 0) is 4.79 Å². The number of aromatic nitrogens is 1. The van der Waals surface area contributed by atoms with E-state index in [1.807, 2.05) is 0 Å². The molecule has 0 aliphatic carbocycles. The van der Waals surface area contributed by atoms with E-state index in [0.29, 0.717) is 0 Å². The van der Waals surface area contributed by atoms with E-state index in [1.165, 1.54) is 31.5 Å². The smallest absolute Gasteiger partial charge is 0.289 e. The van der Waals surface area contributed by atoms with Crippen LogP contribution in [0.25, 0.3) is 0 Å². The molecule has 0 unspecified atom stereocenters. The van der Waals surface area contributed by atoms with Crippen molar-refractivity contribution in [1.82, 2.24) is 10.4 Å². The molecule has 1 rings (SSSR count). The number of nitrogens with zero attached hydrogens (tertiary/aromatic N) is 2. The summed E-state index contributed by atoms with van der Waals surface area (Å²) in [7, 11) is 0. The topological polar surface area (TPSA) is 71.4 Å². The zero-order valence-corrected chi connectivity index (χ0v) is 9.86. The molecule has 1 heterocycles. The lowest BCUT2D eigenvalue weighted by Gasteiger charge is -2.05. The number of nitrogens with one attached hydrogen (secondary N) is 1. The Morgan fingerprint density at radius 2 is 1.89 bits per heavy atom. The molecule has 0 bridgehead atoms. The maximum Gasteiger partial charge on any atom is 0.450 e. The monoisotopic (exact) mass is 273 g/mol. The van der Waals surface area contributed by atoms with E-state index < -0.39 is 24.3 Å². The molecular weight excluding hydrogens is 263 g/mol. The SMILES string of the molecule is C/C(CC(=O)C(F)(F)F)=N\NC(=O)c1ccncc1. The number of hydrogen-bond donors (Lipinski definition) is 1. The molecule has 0 aliphatic rings. The number of carbonyl (C=O) groups excluding carboxylic acids is 2. The lowest BCUT2D eigenvalue weighted by atomic mass is 10.2. The number of pyridine rings is 1. The molecule has 8 heteroatoms. The lowest BCUT2D eigenvalue weighted by Crippen LogP contribution is -2.26. The summed E-state index contributed by atoms with van der Waals surface area (Å²) >= 11 is 0. The summed E-state index contributed by atoms with van der Waals surface area (Å²) in [4.78, 5) is 25.8. The maximum atomic E-state index is 12.0. The van der Waals surface area contributed by atoms with Gasteiger partial charge < -0.3 is 0 Å². The molecule has 1 aromatic heterocycles. The number of amides is 1. The van der Waals surface area contributed by atoms with Gasteiger partial charge in [-0.1, -0.05) is 0 Å². The summed E-state index contributed by atoms with van der Waals surface area (Å²) in [5, 5.41) is 3.43. The van der Waals surface area contributed by atoms with Crippen molar-refractivity contribution in [3.05, 3.63) is 30.1 Å². The molecule has 0 atom stereocenters. The molecule has 0 radical (unpaired) electrons. The van der Waals surface area contributed by atoms with Crippen LogP contribution >= 0.6 is 0 Å². The van der Waals surface area contributed by atoms with Crippen molar-refractivity contribution in [2.75, 3.05) is 0 Å². The third-order valence-electron chi connectivity index (χ3n) is 2.02. The summed E-state index contributed by atoms with van der Waals surface area (Å²) in [6.45, 7) is 1.22. The number of Topliss-reactive ketones (excluding diaryl/α,β-unsaturated/α-hetero) is 1. The number of carbonyl (C=O) groups is 2. The first-order valence-electron chi connectivity index (χ1n) is 5.14. The van der Waals surface area contributed by atoms with Gasteiger partial charge in [-0.2, -0.15) is 18.3 Å². The molecule has 0 spiro atoms. The number of alkyl halides is 3. The van der Waals surface area contributed by atoms with Crippen LogP contribution in [0.2, 0.25) is 0 Å². The van der Waals surface area contributed by atoms with Crippen LogP contribution in [-0.4, -0.2) is 28.6 Å². The Bertz CT molecular complexity index is 498. The molecule has 0 saturated heterocycles. The van der Waals surface area contributed by atoms with Gasteiger partial charge in [0.15, 0.2) is 0 Å². The average Bonchev–Trinajstić information content (AvgIpc) is 2.35. The van der Waals surface area contributed by atoms with Gasteiger partial charge in [0.25, 0.3) is 5.91 Å². The van der Waals surface area contributed by atoms with E-state index in [4.69, 9.17) is 0 Å². The van der Waals surface area contributed by atoms with Crippen molar-refractivity contribution in [3.63, 3.8) is 0 Å². The minimum atomic E-state index is -4.90. The Hall–Kier alpha value is -2.25. The van der Waals surface area contributed by atoms with Crippen molar-refractivity contribution >= 4 is 17.4 Å². The van der Waals surface area contributed by atoms with E-state index in [-0.39, 0.29) is 11.3 Å². The number of hydrazone groups is 1. The van der Waals surface area contributed by atoms with E-state index in [0.717, 1.165) is 0 Å². The van der Waals surface area contributed by atoms with Crippen LogP contribution in [0.4, 0.5) is 13.2 Å². The fraction of sp³-hybridized carbons (Fsp3) is 0.273. The molecule has 1 aromatic rings. The predicted octanol–water partition coefficient (Wildman–Crippen LogP) is 1.71. The van der Waals surface area contributed by atoms with Crippen LogP contribution in [0.1, 0.15) is 23.7 Å². The van der Waals surface area contributed by atoms with E-state index in [9.17, 15) is 22.8 Å². The largest absolute Gasteiger partial charge is 0.450 e. The minimum Gasteiger partial charge on any atom is -0.289 e. The highest BCUT2D eigenvalue weighted by Crippen LogP contribution is 2.17. The second-order valence-corrected chi connectivity index (χ2v) is 3.62. The first-order valence-corrected chi connectivity index (χ1v) is 5.14. The highest BCUT2D eigenvalue weighted by atomic mass is 19.4. The van der Waals surface area contributed by atoms with Crippen LogP contribution in [0, 0.1) is 0 Å². The predicted molar refractivity (Wildman–Crippen MR) is 60.5 cm³/mol. The van der Waals surface area contributed by atoms with Crippen molar-refractivity contribution < 1.29 is 22.8 Å². The van der Waals surface area contributed by atoms with E-state index in [2.05, 4.69) is 15.5 Å². The van der Waals surface area contributed by atoms with Gasteiger partial charge in [-0.15, -0.1) is 0 Å². The molecule has 0 aliphatic heterocycles. The number of halogens is 3. The van der Waals surface area contributed by atoms with Crippen molar-refractivity contribution in [1.29, 1.82) is 0 Å². The Labute approximate surface area is 106 Å². The number of hydrogen-bond acceptors (Lipinski definition) is 4. The first-order chi connectivity index (χ1) is 8.80. The Morgan fingerprint density at radius 3 is 2.42 bits per heavy atom. The van der Waals surface area contributed by atoms with Crippen LogP contribution in [0.5, 0.6) is 0 Å². The highest BCUT2D eigenvalue weighted by Gasteiger charge is 2.37. The molecular formula is C11H10F3N3O2. The molecule has 1 amide bonds. The van der Waals surface area contributed by atoms with Gasteiger partial charge in [0.2, 0.25) is 5.78 Å². The summed E-state index contributed by atoms with van der Waals surface area (Å²) < 4.78 is 35.9. The van der Waals surface area contributed by atoms with E-state index in [1.54, 1.807) is 0 Å². The summed E-state index contributed by atoms with van der Waals surface area (Å²) in [6.07, 6.45) is -3.01. The summed E-state index contributed by atoms with van der Waals surface area (Å²) in [6, 6.07) is 2.84. The minimum absolute atomic E-state index is 0.135. The van der Waals surface area contributed by atoms with Gasteiger partial charge in [-0.25, -0.2) is 5.43 Å². The van der Waals surface area contributed by atoms with Gasteiger partial charge in [-0.3, -0.25) is 14.6 Å². The third-order valence-corrected chi connectivity index (χ3v) is 2.02. The molecule has 0 fully saturated rings. The highest BCUT2D eigenvalue weighted by molar-refractivity contribution is 6.03. The Balaban J connectivity index is 2.58. The average molecular weight is 273 g/mol. The number of ketones is 1. The zero-order chi connectivity index (χ0) is 14.5. The lowest BCUT2D eigenvalue weighted by molar-refractivity contribution is -0.169. The molecule has 102 valence electrons. The second kappa shape index (κ2) is 6.07. The third kappa shape index (κ3) is 4.86. The molecule has 1 N–H and O–H groups in total. The Kier molecular flexibility index (Phi) is 4.74. The normalized spacial score (nSPS) is 12.1. The summed E-state index contributed by atoms with van der Waals surface area (Å²) in [5.41, 5.74) is 2.18. The van der Waals surface area contributed by atoms with Crippen molar-refractivity contribution in [2.45, 2.75) is 19.5 Å².